The quantitative estimate of drug-likeness (QED) is 0.239. The van der Waals surface area contributed by atoms with E-state index in [1.807, 2.05) is 20.0 Å². The van der Waals surface area contributed by atoms with Gasteiger partial charge in [0.1, 0.15) is 16.9 Å². The standard InChI is InChI=1S/C28H29F3N8O4S/c1-6-32-25(40)36-21-9-18(24-35-20(13-44-24)28(29,30)31)19(12-33-21)17-8-15(22-37-38-26(41)43-22)11-34-23(17)42-16-7-14(2)39(5)27(3,4)10-16/h7-9,11-13,16H,6,10H2,1-5H3,(H,38,41)(H2,32,33,36,40). The van der Waals surface area contributed by atoms with Crippen LogP contribution >= 0.6 is 11.3 Å². The molecule has 0 fully saturated rings. The second-order valence-corrected chi connectivity index (χ2v) is 11.5. The van der Waals surface area contributed by atoms with Crippen molar-refractivity contribution < 1.29 is 27.1 Å². The number of halogens is 3. The maximum atomic E-state index is 13.5. The van der Waals surface area contributed by atoms with Gasteiger partial charge in [-0.25, -0.2) is 29.6 Å². The van der Waals surface area contributed by atoms with Gasteiger partial charge in [-0.15, -0.1) is 16.4 Å². The van der Waals surface area contributed by atoms with Gasteiger partial charge in [-0.05, 0) is 45.9 Å². The zero-order valence-electron chi connectivity index (χ0n) is 24.4. The van der Waals surface area contributed by atoms with Crippen LogP contribution in [-0.2, 0) is 6.18 Å². The summed E-state index contributed by atoms with van der Waals surface area (Å²) in [4.78, 5) is 38.7. The lowest BCUT2D eigenvalue weighted by Crippen LogP contribution is -2.47. The number of ether oxygens (including phenoxy) is 1. The maximum absolute atomic E-state index is 13.5. The lowest BCUT2D eigenvalue weighted by atomic mass is 9.90. The Bertz CT molecular complexity index is 1780. The van der Waals surface area contributed by atoms with Crippen molar-refractivity contribution in [3.05, 3.63) is 57.9 Å². The molecule has 1 atom stereocenters. The fourth-order valence-corrected chi connectivity index (χ4v) is 5.60. The van der Waals surface area contributed by atoms with Crippen LogP contribution in [0.5, 0.6) is 5.88 Å². The molecule has 5 heterocycles. The van der Waals surface area contributed by atoms with Crippen LogP contribution in [-0.4, -0.2) is 61.3 Å². The summed E-state index contributed by atoms with van der Waals surface area (Å²) in [7, 11) is 2.00. The van der Waals surface area contributed by atoms with Crippen molar-refractivity contribution in [1.82, 2.24) is 35.4 Å². The molecule has 232 valence electrons. The molecule has 1 unspecified atom stereocenters. The van der Waals surface area contributed by atoms with Crippen LogP contribution in [0.3, 0.4) is 0 Å². The van der Waals surface area contributed by atoms with Crippen LogP contribution in [0.1, 0.15) is 39.8 Å². The number of rotatable bonds is 7. The van der Waals surface area contributed by atoms with Crippen molar-refractivity contribution in [3.8, 4) is 39.0 Å². The summed E-state index contributed by atoms with van der Waals surface area (Å²) in [6.45, 7) is 8.22. The van der Waals surface area contributed by atoms with Gasteiger partial charge in [-0.3, -0.25) is 5.32 Å². The Balaban J connectivity index is 1.68. The summed E-state index contributed by atoms with van der Waals surface area (Å²) in [5.41, 5.74) is 0.858. The minimum atomic E-state index is -4.66. The van der Waals surface area contributed by atoms with E-state index in [9.17, 15) is 22.8 Å². The maximum Gasteiger partial charge on any atom is 0.434 e. The average molecular weight is 631 g/mol. The first kappa shape index (κ1) is 30.7. The highest BCUT2D eigenvalue weighted by molar-refractivity contribution is 7.13. The van der Waals surface area contributed by atoms with Crippen LogP contribution in [0.2, 0.25) is 0 Å². The first-order valence-electron chi connectivity index (χ1n) is 13.5. The molecule has 4 aromatic rings. The minimum Gasteiger partial charge on any atom is -0.469 e. The van der Waals surface area contributed by atoms with Gasteiger partial charge in [-0.1, -0.05) is 0 Å². The summed E-state index contributed by atoms with van der Waals surface area (Å²) in [5.74, 6) is -0.592. The second-order valence-electron chi connectivity index (χ2n) is 10.7. The Kier molecular flexibility index (Phi) is 8.20. The predicted octanol–water partition coefficient (Wildman–Crippen LogP) is 5.54. The van der Waals surface area contributed by atoms with Crippen LogP contribution in [0.4, 0.5) is 23.8 Å². The van der Waals surface area contributed by atoms with E-state index in [1.165, 1.54) is 18.5 Å². The molecule has 3 N–H and O–H groups in total. The number of thiazole rings is 1. The lowest BCUT2D eigenvalue weighted by Gasteiger charge is -2.43. The van der Waals surface area contributed by atoms with E-state index in [1.54, 1.807) is 13.0 Å². The third-order valence-corrected chi connectivity index (χ3v) is 8.04. The number of hydrogen-bond acceptors (Lipinski definition) is 10. The fourth-order valence-electron chi connectivity index (χ4n) is 4.74. The van der Waals surface area contributed by atoms with E-state index in [0.717, 1.165) is 22.4 Å². The van der Waals surface area contributed by atoms with Gasteiger partial charge in [0.25, 0.3) is 5.89 Å². The summed E-state index contributed by atoms with van der Waals surface area (Å²) in [6, 6.07) is 2.48. The van der Waals surface area contributed by atoms with E-state index in [-0.39, 0.29) is 33.7 Å². The Labute approximate surface area is 253 Å². The van der Waals surface area contributed by atoms with Crippen molar-refractivity contribution in [2.24, 2.45) is 0 Å². The number of anilines is 1. The van der Waals surface area contributed by atoms with Crippen LogP contribution in [0, 0.1) is 0 Å². The van der Waals surface area contributed by atoms with Gasteiger partial charge in [0.05, 0.1) is 5.56 Å². The number of aromatic nitrogens is 5. The van der Waals surface area contributed by atoms with Crippen molar-refractivity contribution in [3.63, 3.8) is 0 Å². The highest BCUT2D eigenvalue weighted by Gasteiger charge is 2.35. The molecule has 0 saturated heterocycles. The average Bonchev–Trinajstić information content (AvgIpc) is 3.62. The first-order valence-corrected chi connectivity index (χ1v) is 14.4. The molecule has 0 saturated carbocycles. The highest BCUT2D eigenvalue weighted by Crippen LogP contribution is 2.42. The molecule has 44 heavy (non-hydrogen) atoms. The number of urea groups is 1. The molecule has 0 spiro atoms. The van der Waals surface area contributed by atoms with Crippen molar-refractivity contribution >= 4 is 23.2 Å². The first-order chi connectivity index (χ1) is 20.7. The molecule has 0 aromatic carbocycles. The number of nitrogens with zero attached hydrogens (tertiary/aromatic N) is 5. The van der Waals surface area contributed by atoms with Crippen LogP contribution in [0.15, 0.2) is 50.9 Å². The number of allylic oxidation sites excluding steroid dienone is 1. The van der Waals surface area contributed by atoms with E-state index in [2.05, 4.69) is 54.5 Å². The zero-order chi connectivity index (χ0) is 31.8. The van der Waals surface area contributed by atoms with E-state index in [4.69, 9.17) is 9.15 Å². The molecule has 5 rings (SSSR count). The molecule has 1 aliphatic heterocycles. The Morgan fingerprint density at radius 3 is 2.64 bits per heavy atom. The minimum absolute atomic E-state index is 0.0208. The number of H-pyrrole nitrogens is 1. The normalized spacial score (nSPS) is 16.4. The van der Waals surface area contributed by atoms with Gasteiger partial charge in [0.15, 0.2) is 5.69 Å². The van der Waals surface area contributed by atoms with Crippen molar-refractivity contribution in [1.29, 1.82) is 0 Å². The molecule has 1 aliphatic rings. The number of aromatic amines is 1. The summed E-state index contributed by atoms with van der Waals surface area (Å²) >= 11 is 0.781. The smallest absolute Gasteiger partial charge is 0.434 e. The highest BCUT2D eigenvalue weighted by atomic mass is 32.1. The topological polar surface area (TPSA) is 151 Å². The van der Waals surface area contributed by atoms with Gasteiger partial charge in [0, 0.05) is 65.7 Å². The molecule has 12 nitrogen and oxygen atoms in total. The summed E-state index contributed by atoms with van der Waals surface area (Å²) in [6.07, 6.45) is 0.319. The number of carbonyl (C=O) groups is 1. The van der Waals surface area contributed by atoms with E-state index < -0.39 is 29.8 Å². The molecule has 0 radical (unpaired) electrons. The number of pyridine rings is 2. The zero-order valence-corrected chi connectivity index (χ0v) is 25.2. The molecule has 0 aliphatic carbocycles. The molecule has 4 aromatic heterocycles. The lowest BCUT2D eigenvalue weighted by molar-refractivity contribution is -0.140. The molecule has 0 bridgehead atoms. The number of amides is 2. The summed E-state index contributed by atoms with van der Waals surface area (Å²) in [5, 5.41) is 12.2. The van der Waals surface area contributed by atoms with E-state index >= 15 is 0 Å². The van der Waals surface area contributed by atoms with Gasteiger partial charge >= 0.3 is 18.0 Å². The van der Waals surface area contributed by atoms with Gasteiger partial charge < -0.3 is 19.4 Å². The number of nitrogens with one attached hydrogen (secondary N) is 3. The van der Waals surface area contributed by atoms with Crippen LogP contribution in [0.25, 0.3) is 33.2 Å². The largest absolute Gasteiger partial charge is 0.469 e. The Morgan fingerprint density at radius 1 is 1.23 bits per heavy atom. The number of alkyl halides is 3. The molecule has 16 heteroatoms. The number of carbonyl (C=O) groups excluding carboxylic acids is 1. The second kappa shape index (κ2) is 11.7. The monoisotopic (exact) mass is 630 g/mol. The summed E-state index contributed by atoms with van der Waals surface area (Å²) < 4.78 is 52.2. The predicted molar refractivity (Wildman–Crippen MR) is 157 cm³/mol. The third kappa shape index (κ3) is 6.44. The SMILES string of the molecule is CCNC(=O)Nc1cc(-c2nc(C(F)(F)F)cs2)c(-c2cc(-c3n[nH]c(=O)o3)cnc2OC2C=C(C)N(C)C(C)(C)C2)cn1. The fraction of sp³-hybridized carbons (Fsp3) is 0.357. The Hall–Kier alpha value is -4.73. The van der Waals surface area contributed by atoms with Crippen molar-refractivity contribution in [2.45, 2.75) is 51.9 Å². The van der Waals surface area contributed by atoms with Crippen LogP contribution < -0.4 is 21.1 Å². The third-order valence-electron chi connectivity index (χ3n) is 7.16. The van der Waals surface area contributed by atoms with Crippen molar-refractivity contribution in [2.75, 3.05) is 18.9 Å². The number of hydrogen-bond donors (Lipinski definition) is 3. The van der Waals surface area contributed by atoms with Gasteiger partial charge in [-0.2, -0.15) is 13.2 Å². The molecular weight excluding hydrogens is 601 g/mol. The Morgan fingerprint density at radius 2 is 2.00 bits per heavy atom. The van der Waals surface area contributed by atoms with E-state index in [0.29, 0.717) is 29.7 Å². The van der Waals surface area contributed by atoms with Gasteiger partial charge in [0.2, 0.25) is 5.88 Å². The molecule has 2 amide bonds. The molecular formula is C28H29F3N8O4S.